The molecule has 2 aromatic rings. The van der Waals surface area contributed by atoms with Crippen LogP contribution < -0.4 is 19.5 Å². The quantitative estimate of drug-likeness (QED) is 0.684. The summed E-state index contributed by atoms with van der Waals surface area (Å²) in [6.45, 7) is 5.81. The molecule has 0 aliphatic heterocycles. The average Bonchev–Trinajstić information content (AvgIpc) is 2.61. The highest BCUT2D eigenvalue weighted by molar-refractivity contribution is 7.89. The summed E-state index contributed by atoms with van der Waals surface area (Å²) < 4.78 is 37.4. The molecule has 27 heavy (non-hydrogen) atoms. The molecule has 0 bridgehead atoms. The Morgan fingerprint density at radius 1 is 0.963 bits per heavy atom. The maximum atomic E-state index is 12.1. The number of benzene rings is 2. The normalized spacial score (nSPS) is 11.3. The predicted molar refractivity (Wildman–Crippen MR) is 104 cm³/mol. The molecule has 7 nitrogen and oxygen atoms in total. The molecular formula is C19H24N2O5S. The lowest BCUT2D eigenvalue weighted by atomic mass is 10.3. The van der Waals surface area contributed by atoms with Gasteiger partial charge < -0.3 is 14.8 Å². The number of hydrogen-bond acceptors (Lipinski definition) is 5. The van der Waals surface area contributed by atoms with Crippen LogP contribution in [-0.2, 0) is 14.8 Å². The molecule has 0 heterocycles. The summed E-state index contributed by atoms with van der Waals surface area (Å²) in [5.74, 6) is 0.936. The molecule has 0 aliphatic carbocycles. The van der Waals surface area contributed by atoms with E-state index in [0.717, 1.165) is 5.75 Å². The maximum absolute atomic E-state index is 12.1. The second kappa shape index (κ2) is 9.38. The van der Waals surface area contributed by atoms with Crippen LogP contribution in [0.25, 0.3) is 0 Å². The molecule has 2 aromatic carbocycles. The molecule has 2 rings (SSSR count). The number of ether oxygens (including phenoxy) is 2. The maximum Gasteiger partial charge on any atom is 0.262 e. The lowest BCUT2D eigenvalue weighted by molar-refractivity contribution is -0.118. The lowest BCUT2D eigenvalue weighted by Crippen LogP contribution is -2.30. The monoisotopic (exact) mass is 392 g/mol. The van der Waals surface area contributed by atoms with Gasteiger partial charge in [0.15, 0.2) is 6.61 Å². The van der Waals surface area contributed by atoms with Crippen molar-refractivity contribution in [2.75, 3.05) is 18.5 Å². The molecule has 0 spiro atoms. The summed E-state index contributed by atoms with van der Waals surface area (Å²) in [7, 11) is -3.56. The van der Waals surface area contributed by atoms with E-state index in [9.17, 15) is 13.2 Å². The Hall–Kier alpha value is -2.58. The predicted octanol–water partition coefficient (Wildman–Crippen LogP) is 2.79. The van der Waals surface area contributed by atoms with Crippen molar-refractivity contribution in [3.05, 3.63) is 48.5 Å². The van der Waals surface area contributed by atoms with E-state index in [1.165, 1.54) is 24.3 Å². The Bertz CT molecular complexity index is 847. The standard InChI is InChI=1S/C19H24N2O5S/c1-4-25-16-7-9-17(10-8-16)26-13-19(22)20-15-5-11-18(12-6-15)27(23,24)21-14(2)3/h5-12,14,21H,4,13H2,1-3H3,(H,20,22). The molecule has 0 radical (unpaired) electrons. The molecule has 0 fully saturated rings. The third-order valence-electron chi connectivity index (χ3n) is 3.34. The highest BCUT2D eigenvalue weighted by Crippen LogP contribution is 2.18. The summed E-state index contributed by atoms with van der Waals surface area (Å²) >= 11 is 0. The Labute approximate surface area is 159 Å². The molecule has 2 N–H and O–H groups in total. The van der Waals surface area contributed by atoms with E-state index in [2.05, 4.69) is 10.0 Å². The van der Waals surface area contributed by atoms with Crippen LogP contribution >= 0.6 is 0 Å². The summed E-state index contributed by atoms with van der Waals surface area (Å²) in [4.78, 5) is 12.1. The van der Waals surface area contributed by atoms with Crippen LogP contribution in [0.15, 0.2) is 53.4 Å². The number of anilines is 1. The number of sulfonamides is 1. The van der Waals surface area contributed by atoms with Gasteiger partial charge in [0, 0.05) is 11.7 Å². The topological polar surface area (TPSA) is 93.7 Å². The van der Waals surface area contributed by atoms with Gasteiger partial charge in [0.2, 0.25) is 10.0 Å². The van der Waals surface area contributed by atoms with Crippen molar-refractivity contribution in [3.8, 4) is 11.5 Å². The van der Waals surface area contributed by atoms with Gasteiger partial charge in [-0.1, -0.05) is 0 Å². The van der Waals surface area contributed by atoms with Crippen molar-refractivity contribution in [2.45, 2.75) is 31.7 Å². The van der Waals surface area contributed by atoms with Crippen LogP contribution in [0.5, 0.6) is 11.5 Å². The van der Waals surface area contributed by atoms with Gasteiger partial charge in [-0.25, -0.2) is 13.1 Å². The summed E-state index contributed by atoms with van der Waals surface area (Å²) in [6, 6.07) is 12.7. The van der Waals surface area contributed by atoms with Crippen LogP contribution in [0.1, 0.15) is 20.8 Å². The van der Waals surface area contributed by atoms with E-state index >= 15 is 0 Å². The van der Waals surface area contributed by atoms with Crippen molar-refractivity contribution in [1.29, 1.82) is 0 Å². The average molecular weight is 392 g/mol. The van der Waals surface area contributed by atoms with Crippen molar-refractivity contribution >= 4 is 21.6 Å². The van der Waals surface area contributed by atoms with Crippen molar-refractivity contribution in [2.24, 2.45) is 0 Å². The Kier molecular flexibility index (Phi) is 7.20. The fourth-order valence-corrected chi connectivity index (χ4v) is 3.49. The number of carbonyl (C=O) groups is 1. The van der Waals surface area contributed by atoms with Crippen molar-refractivity contribution in [1.82, 2.24) is 4.72 Å². The zero-order valence-corrected chi connectivity index (χ0v) is 16.4. The fraction of sp³-hybridized carbons (Fsp3) is 0.316. The molecule has 0 aliphatic rings. The first-order valence-corrected chi connectivity index (χ1v) is 10.1. The summed E-state index contributed by atoms with van der Waals surface area (Å²) in [5, 5.41) is 2.66. The van der Waals surface area contributed by atoms with Crippen LogP contribution in [0, 0.1) is 0 Å². The molecule has 0 saturated heterocycles. The van der Waals surface area contributed by atoms with Gasteiger partial charge in [0.25, 0.3) is 5.91 Å². The van der Waals surface area contributed by atoms with E-state index in [-0.39, 0.29) is 23.5 Å². The third-order valence-corrected chi connectivity index (χ3v) is 5.02. The number of nitrogens with one attached hydrogen (secondary N) is 2. The van der Waals surface area contributed by atoms with Gasteiger partial charge in [-0.2, -0.15) is 0 Å². The van der Waals surface area contributed by atoms with E-state index in [4.69, 9.17) is 9.47 Å². The van der Waals surface area contributed by atoms with Gasteiger partial charge in [0.05, 0.1) is 11.5 Å². The van der Waals surface area contributed by atoms with Gasteiger partial charge in [-0.15, -0.1) is 0 Å². The van der Waals surface area contributed by atoms with Crippen LogP contribution in [0.2, 0.25) is 0 Å². The molecule has 146 valence electrons. The molecule has 0 atom stereocenters. The Morgan fingerprint density at radius 3 is 2.04 bits per heavy atom. The zero-order valence-electron chi connectivity index (χ0n) is 15.6. The summed E-state index contributed by atoms with van der Waals surface area (Å²) in [5.41, 5.74) is 0.485. The smallest absolute Gasteiger partial charge is 0.262 e. The first kappa shape index (κ1) is 20.7. The van der Waals surface area contributed by atoms with Crippen molar-refractivity contribution < 1.29 is 22.7 Å². The molecule has 0 unspecified atom stereocenters. The fourth-order valence-electron chi connectivity index (χ4n) is 2.24. The highest BCUT2D eigenvalue weighted by atomic mass is 32.2. The van der Waals surface area contributed by atoms with Crippen molar-refractivity contribution in [3.63, 3.8) is 0 Å². The van der Waals surface area contributed by atoms with Gasteiger partial charge in [0.1, 0.15) is 11.5 Å². The number of rotatable bonds is 9. The first-order chi connectivity index (χ1) is 12.8. The summed E-state index contributed by atoms with van der Waals surface area (Å²) in [6.07, 6.45) is 0. The van der Waals surface area contributed by atoms with Crippen LogP contribution in [0.4, 0.5) is 5.69 Å². The van der Waals surface area contributed by atoms with Gasteiger partial charge >= 0.3 is 0 Å². The molecule has 8 heteroatoms. The number of hydrogen-bond donors (Lipinski definition) is 2. The zero-order chi connectivity index (χ0) is 19.9. The molecular weight excluding hydrogens is 368 g/mol. The highest BCUT2D eigenvalue weighted by Gasteiger charge is 2.15. The Balaban J connectivity index is 1.88. The second-order valence-corrected chi connectivity index (χ2v) is 7.76. The largest absolute Gasteiger partial charge is 0.494 e. The minimum Gasteiger partial charge on any atom is -0.494 e. The van der Waals surface area contributed by atoms with E-state index < -0.39 is 10.0 Å². The first-order valence-electron chi connectivity index (χ1n) is 8.58. The third kappa shape index (κ3) is 6.58. The van der Waals surface area contributed by atoms with E-state index in [1.807, 2.05) is 6.92 Å². The van der Waals surface area contributed by atoms with Gasteiger partial charge in [-0.3, -0.25) is 4.79 Å². The Morgan fingerprint density at radius 2 is 1.52 bits per heavy atom. The van der Waals surface area contributed by atoms with E-state index in [1.54, 1.807) is 38.1 Å². The molecule has 1 amide bonds. The SMILES string of the molecule is CCOc1ccc(OCC(=O)Nc2ccc(S(=O)(=O)NC(C)C)cc2)cc1. The van der Waals surface area contributed by atoms with E-state index in [0.29, 0.717) is 18.0 Å². The van der Waals surface area contributed by atoms with Crippen LogP contribution in [0.3, 0.4) is 0 Å². The molecule has 0 aromatic heterocycles. The second-order valence-electron chi connectivity index (χ2n) is 6.04. The number of amides is 1. The lowest BCUT2D eigenvalue weighted by Gasteiger charge is -2.11. The minimum absolute atomic E-state index is 0.139. The van der Waals surface area contributed by atoms with Gasteiger partial charge in [-0.05, 0) is 69.3 Å². The molecule has 0 saturated carbocycles. The van der Waals surface area contributed by atoms with Crippen LogP contribution in [-0.4, -0.2) is 33.6 Å². The number of carbonyl (C=O) groups excluding carboxylic acids is 1. The minimum atomic E-state index is -3.56.